The van der Waals surface area contributed by atoms with Gasteiger partial charge in [-0.1, -0.05) is 13.3 Å². The second-order valence-electron chi connectivity index (χ2n) is 3.14. The quantitative estimate of drug-likeness (QED) is 0.566. The van der Waals surface area contributed by atoms with Crippen LogP contribution in [0.2, 0.25) is 0 Å². The summed E-state index contributed by atoms with van der Waals surface area (Å²) in [5.41, 5.74) is 0. The Hall–Kier alpha value is -1.59. The Morgan fingerprint density at radius 1 is 1.20 bits per heavy atom. The van der Waals surface area contributed by atoms with Gasteiger partial charge in [0, 0.05) is 6.42 Å². The second-order valence-corrected chi connectivity index (χ2v) is 3.14. The summed E-state index contributed by atoms with van der Waals surface area (Å²) in [4.78, 5) is 31.9. The summed E-state index contributed by atoms with van der Waals surface area (Å²) in [6, 6.07) is -0.920. The normalized spacial score (nSPS) is 11.8. The molecule has 1 atom stereocenters. The molecular weight excluding hydrogens is 202 g/mol. The van der Waals surface area contributed by atoms with E-state index >= 15 is 0 Å². The van der Waals surface area contributed by atoms with E-state index in [1.54, 1.807) is 6.92 Å². The van der Waals surface area contributed by atoms with Crippen LogP contribution in [0, 0.1) is 0 Å². The molecule has 86 valence electrons. The van der Waals surface area contributed by atoms with E-state index in [9.17, 15) is 14.4 Å². The molecule has 0 aliphatic heterocycles. The molecule has 1 amide bonds. The van der Waals surface area contributed by atoms with Crippen molar-refractivity contribution in [2.24, 2.45) is 0 Å². The number of rotatable bonds is 7. The Balaban J connectivity index is 3.99. The van der Waals surface area contributed by atoms with Crippen LogP contribution >= 0.6 is 0 Å². The second kappa shape index (κ2) is 6.80. The third kappa shape index (κ3) is 6.48. The fraction of sp³-hybridized carbons (Fsp3) is 0.667. The van der Waals surface area contributed by atoms with Gasteiger partial charge in [0.05, 0.1) is 6.42 Å². The lowest BCUT2D eigenvalue weighted by Crippen LogP contribution is -2.40. The Morgan fingerprint density at radius 2 is 1.80 bits per heavy atom. The summed E-state index contributed by atoms with van der Waals surface area (Å²) in [5, 5.41) is 19.3. The average molecular weight is 217 g/mol. The minimum atomic E-state index is -1.10. The highest BCUT2D eigenvalue weighted by Gasteiger charge is 2.18. The van der Waals surface area contributed by atoms with Crippen molar-refractivity contribution in [3.05, 3.63) is 0 Å². The first-order valence-electron chi connectivity index (χ1n) is 4.71. The van der Waals surface area contributed by atoms with Crippen molar-refractivity contribution in [3.8, 4) is 0 Å². The molecule has 0 aliphatic carbocycles. The van der Waals surface area contributed by atoms with E-state index < -0.39 is 23.9 Å². The number of carbonyl (C=O) groups is 3. The highest BCUT2D eigenvalue weighted by Crippen LogP contribution is 1.98. The Bertz CT molecular complexity index is 251. The summed E-state index contributed by atoms with van der Waals surface area (Å²) in [7, 11) is 0. The molecule has 0 aromatic heterocycles. The molecule has 0 heterocycles. The van der Waals surface area contributed by atoms with E-state index in [4.69, 9.17) is 10.2 Å². The third-order valence-electron chi connectivity index (χ3n) is 1.78. The molecule has 0 aromatic carbocycles. The maximum Gasteiger partial charge on any atom is 0.326 e. The van der Waals surface area contributed by atoms with Gasteiger partial charge in [-0.25, -0.2) is 4.79 Å². The molecule has 6 nitrogen and oxygen atoms in total. The van der Waals surface area contributed by atoms with E-state index in [1.165, 1.54) is 0 Å². The van der Waals surface area contributed by atoms with Gasteiger partial charge >= 0.3 is 11.9 Å². The minimum Gasteiger partial charge on any atom is -0.481 e. The molecule has 0 aliphatic rings. The summed E-state index contributed by atoms with van der Waals surface area (Å²) >= 11 is 0. The molecule has 0 saturated heterocycles. The monoisotopic (exact) mass is 217 g/mol. The smallest absolute Gasteiger partial charge is 0.326 e. The van der Waals surface area contributed by atoms with Crippen LogP contribution in [0.1, 0.15) is 32.6 Å². The maximum atomic E-state index is 11.1. The van der Waals surface area contributed by atoms with E-state index in [1.807, 2.05) is 0 Å². The van der Waals surface area contributed by atoms with Gasteiger partial charge in [-0.3, -0.25) is 9.59 Å². The predicted octanol–water partition coefficient (Wildman–Crippen LogP) is 0.221. The van der Waals surface area contributed by atoms with Crippen molar-refractivity contribution < 1.29 is 24.6 Å². The van der Waals surface area contributed by atoms with Crippen LogP contribution in [0.3, 0.4) is 0 Å². The van der Waals surface area contributed by atoms with Gasteiger partial charge in [0.2, 0.25) is 5.91 Å². The molecule has 0 saturated carbocycles. The largest absolute Gasteiger partial charge is 0.481 e. The van der Waals surface area contributed by atoms with E-state index in [0.717, 1.165) is 0 Å². The van der Waals surface area contributed by atoms with Crippen molar-refractivity contribution in [2.75, 3.05) is 0 Å². The zero-order valence-corrected chi connectivity index (χ0v) is 8.52. The van der Waals surface area contributed by atoms with Crippen LogP contribution in [0.15, 0.2) is 0 Å². The van der Waals surface area contributed by atoms with Gasteiger partial charge in [0.15, 0.2) is 0 Å². The molecule has 6 heteroatoms. The van der Waals surface area contributed by atoms with Gasteiger partial charge in [-0.05, 0) is 6.42 Å². The van der Waals surface area contributed by atoms with Crippen LogP contribution in [-0.2, 0) is 14.4 Å². The van der Waals surface area contributed by atoms with E-state index in [-0.39, 0.29) is 12.8 Å². The number of nitrogens with one attached hydrogen (secondary N) is 1. The molecule has 0 unspecified atom stereocenters. The van der Waals surface area contributed by atoms with Crippen LogP contribution in [0.25, 0.3) is 0 Å². The lowest BCUT2D eigenvalue weighted by molar-refractivity contribution is -0.142. The molecule has 0 aromatic rings. The summed E-state index contributed by atoms with van der Waals surface area (Å²) in [6.07, 6.45) is 0.497. The van der Waals surface area contributed by atoms with Crippen molar-refractivity contribution in [2.45, 2.75) is 38.6 Å². The number of amides is 1. The van der Waals surface area contributed by atoms with Gasteiger partial charge in [0.25, 0.3) is 0 Å². The van der Waals surface area contributed by atoms with Crippen LogP contribution < -0.4 is 5.32 Å². The molecule has 3 N–H and O–H groups in total. The molecule has 0 bridgehead atoms. The van der Waals surface area contributed by atoms with Crippen LogP contribution in [0.4, 0.5) is 0 Å². The number of carboxylic acids is 2. The molecule has 0 rings (SSSR count). The average Bonchev–Trinajstić information content (AvgIpc) is 2.14. The summed E-state index contributed by atoms with van der Waals surface area (Å²) in [5.74, 6) is -2.72. The molecule has 0 radical (unpaired) electrons. The number of carbonyl (C=O) groups excluding carboxylic acids is 1. The zero-order valence-electron chi connectivity index (χ0n) is 8.52. The topological polar surface area (TPSA) is 104 Å². The van der Waals surface area contributed by atoms with Crippen molar-refractivity contribution in [3.63, 3.8) is 0 Å². The molecule has 15 heavy (non-hydrogen) atoms. The van der Waals surface area contributed by atoms with Gasteiger partial charge < -0.3 is 15.5 Å². The SMILES string of the molecule is CCC[C@H](NC(=O)CCC(=O)O)C(=O)O. The van der Waals surface area contributed by atoms with Crippen molar-refractivity contribution >= 4 is 17.8 Å². The summed E-state index contributed by atoms with van der Waals surface area (Å²) in [6.45, 7) is 1.80. The number of aliphatic carboxylic acids is 2. The van der Waals surface area contributed by atoms with E-state index in [2.05, 4.69) is 5.32 Å². The highest BCUT2D eigenvalue weighted by molar-refractivity contribution is 5.85. The highest BCUT2D eigenvalue weighted by atomic mass is 16.4. The fourth-order valence-electron chi connectivity index (χ4n) is 1.03. The van der Waals surface area contributed by atoms with Crippen molar-refractivity contribution in [1.82, 2.24) is 5.32 Å². The molecule has 0 spiro atoms. The van der Waals surface area contributed by atoms with Crippen molar-refractivity contribution in [1.29, 1.82) is 0 Å². The number of hydrogen-bond donors (Lipinski definition) is 3. The maximum absolute atomic E-state index is 11.1. The van der Waals surface area contributed by atoms with Gasteiger partial charge in [-0.2, -0.15) is 0 Å². The van der Waals surface area contributed by atoms with E-state index in [0.29, 0.717) is 12.8 Å². The van der Waals surface area contributed by atoms with Crippen LogP contribution in [-0.4, -0.2) is 34.1 Å². The molecular formula is C9H15NO5. The fourth-order valence-corrected chi connectivity index (χ4v) is 1.03. The minimum absolute atomic E-state index is 0.192. The number of carboxylic acid groups (broad SMARTS) is 2. The third-order valence-corrected chi connectivity index (χ3v) is 1.78. The zero-order chi connectivity index (χ0) is 11.8. The first kappa shape index (κ1) is 13.4. The molecule has 0 fully saturated rings. The lowest BCUT2D eigenvalue weighted by Gasteiger charge is -2.12. The van der Waals surface area contributed by atoms with Gasteiger partial charge in [-0.15, -0.1) is 0 Å². The van der Waals surface area contributed by atoms with Gasteiger partial charge in [0.1, 0.15) is 6.04 Å². The predicted molar refractivity (Wildman–Crippen MR) is 51.3 cm³/mol. The first-order valence-corrected chi connectivity index (χ1v) is 4.71. The Kier molecular flexibility index (Phi) is 6.08. The lowest BCUT2D eigenvalue weighted by atomic mass is 10.1. The first-order chi connectivity index (χ1) is 6.97. The number of hydrogen-bond acceptors (Lipinski definition) is 3. The Morgan fingerprint density at radius 3 is 2.20 bits per heavy atom. The standard InChI is InChI=1S/C9H15NO5/c1-2-3-6(9(14)15)10-7(11)4-5-8(12)13/h6H,2-5H2,1H3,(H,10,11)(H,12,13)(H,14,15)/t6-/m0/s1. The van der Waals surface area contributed by atoms with Crippen LogP contribution in [0.5, 0.6) is 0 Å². The Labute approximate surface area is 87.3 Å². The summed E-state index contributed by atoms with van der Waals surface area (Å²) < 4.78 is 0.